The van der Waals surface area contributed by atoms with E-state index in [9.17, 15) is 9.59 Å². The van der Waals surface area contributed by atoms with E-state index in [4.69, 9.17) is 4.74 Å². The molecule has 4 heteroatoms. The van der Waals surface area contributed by atoms with Crippen molar-refractivity contribution in [3.05, 3.63) is 0 Å². The summed E-state index contributed by atoms with van der Waals surface area (Å²) < 4.78 is 4.95. The van der Waals surface area contributed by atoms with Gasteiger partial charge in [-0.3, -0.25) is 9.59 Å². The quantitative estimate of drug-likeness (QED) is 0.666. The molecule has 2 saturated carbocycles. The number of hydrogen-bond acceptors (Lipinski definition) is 3. The molecule has 0 bridgehead atoms. The minimum Gasteiger partial charge on any atom is -0.465 e. The van der Waals surface area contributed by atoms with Gasteiger partial charge in [-0.15, -0.1) is 0 Å². The molecule has 0 aromatic heterocycles. The molecule has 0 unspecified atom stereocenters. The Bertz CT molecular complexity index is 319. The van der Waals surface area contributed by atoms with Crippen LogP contribution in [-0.4, -0.2) is 36.0 Å². The van der Waals surface area contributed by atoms with E-state index in [1.54, 1.807) is 11.8 Å². The van der Waals surface area contributed by atoms with Gasteiger partial charge < -0.3 is 9.64 Å². The lowest BCUT2D eigenvalue weighted by Crippen LogP contribution is -2.38. The van der Waals surface area contributed by atoms with Crippen molar-refractivity contribution in [1.82, 2.24) is 4.90 Å². The number of esters is 1. The van der Waals surface area contributed by atoms with Gasteiger partial charge >= 0.3 is 5.97 Å². The van der Waals surface area contributed by atoms with Gasteiger partial charge in [0.15, 0.2) is 0 Å². The van der Waals surface area contributed by atoms with E-state index in [2.05, 4.69) is 0 Å². The topological polar surface area (TPSA) is 46.6 Å². The highest BCUT2D eigenvalue weighted by Crippen LogP contribution is 2.31. The average molecular weight is 267 g/mol. The van der Waals surface area contributed by atoms with E-state index in [-0.39, 0.29) is 18.4 Å². The molecule has 108 valence electrons. The third-order valence-corrected chi connectivity index (χ3v) is 4.15. The first kappa shape index (κ1) is 14.4. The molecular formula is C15H25NO3. The lowest BCUT2D eigenvalue weighted by Gasteiger charge is -2.22. The van der Waals surface area contributed by atoms with Gasteiger partial charge in [0.1, 0.15) is 6.54 Å². The molecule has 0 aromatic carbocycles. The number of ether oxygens (including phenoxy) is 1. The summed E-state index contributed by atoms with van der Waals surface area (Å²) in [5, 5.41) is 0. The summed E-state index contributed by atoms with van der Waals surface area (Å²) in [5.74, 6) is 0.596. The van der Waals surface area contributed by atoms with Crippen LogP contribution in [0.2, 0.25) is 0 Å². The fourth-order valence-electron chi connectivity index (χ4n) is 2.92. The van der Waals surface area contributed by atoms with Crippen LogP contribution in [0.25, 0.3) is 0 Å². The van der Waals surface area contributed by atoms with Gasteiger partial charge in [0.2, 0.25) is 5.91 Å². The van der Waals surface area contributed by atoms with Crippen molar-refractivity contribution in [3.63, 3.8) is 0 Å². The van der Waals surface area contributed by atoms with E-state index in [0.717, 1.165) is 25.2 Å². The normalized spacial score (nSPS) is 19.4. The number of hydrogen-bond donors (Lipinski definition) is 0. The summed E-state index contributed by atoms with van der Waals surface area (Å²) in [4.78, 5) is 25.5. The lowest BCUT2D eigenvalue weighted by atomic mass is 10.0. The SMILES string of the molecule is CCOC(=O)CN(C(=O)CCC1CCCC1)C1CC1. The van der Waals surface area contributed by atoms with Gasteiger partial charge in [-0.25, -0.2) is 0 Å². The molecule has 2 aliphatic rings. The van der Waals surface area contributed by atoms with E-state index in [1.165, 1.54) is 25.7 Å². The second-order valence-corrected chi connectivity index (χ2v) is 5.75. The maximum Gasteiger partial charge on any atom is 0.325 e. The minimum absolute atomic E-state index is 0.141. The molecule has 0 aromatic rings. The molecular weight excluding hydrogens is 242 g/mol. The molecule has 0 spiro atoms. The fourth-order valence-corrected chi connectivity index (χ4v) is 2.92. The number of carbonyl (C=O) groups is 2. The second-order valence-electron chi connectivity index (χ2n) is 5.75. The Balaban J connectivity index is 1.77. The summed E-state index contributed by atoms with van der Waals surface area (Å²) in [6.45, 7) is 2.32. The van der Waals surface area contributed by atoms with Crippen molar-refractivity contribution >= 4 is 11.9 Å². The Morgan fingerprint density at radius 1 is 1.16 bits per heavy atom. The summed E-state index contributed by atoms with van der Waals surface area (Å²) in [6, 6.07) is 0.292. The van der Waals surface area contributed by atoms with Crippen molar-refractivity contribution < 1.29 is 14.3 Å². The molecule has 0 aliphatic heterocycles. The summed E-state index contributed by atoms with van der Waals surface area (Å²) in [5.41, 5.74) is 0. The molecule has 2 rings (SSSR count). The third-order valence-electron chi connectivity index (χ3n) is 4.15. The standard InChI is InChI=1S/C15H25NO3/c1-2-19-15(18)11-16(13-8-9-13)14(17)10-7-12-5-3-4-6-12/h12-13H,2-11H2,1H3. The molecule has 4 nitrogen and oxygen atoms in total. The Labute approximate surface area is 115 Å². The van der Waals surface area contributed by atoms with Gasteiger partial charge in [-0.1, -0.05) is 25.7 Å². The highest BCUT2D eigenvalue weighted by atomic mass is 16.5. The van der Waals surface area contributed by atoms with Gasteiger partial charge in [0, 0.05) is 12.5 Å². The molecule has 2 fully saturated rings. The smallest absolute Gasteiger partial charge is 0.325 e. The molecule has 0 radical (unpaired) electrons. The van der Waals surface area contributed by atoms with E-state index in [1.807, 2.05) is 0 Å². The largest absolute Gasteiger partial charge is 0.465 e. The number of rotatable bonds is 7. The molecule has 0 saturated heterocycles. The predicted molar refractivity (Wildman–Crippen MR) is 72.6 cm³/mol. The summed E-state index contributed by atoms with van der Waals surface area (Å²) in [7, 11) is 0. The van der Waals surface area contributed by atoms with E-state index < -0.39 is 0 Å². The van der Waals surface area contributed by atoms with Gasteiger partial charge in [0.25, 0.3) is 0 Å². The maximum atomic E-state index is 12.2. The van der Waals surface area contributed by atoms with E-state index >= 15 is 0 Å². The Morgan fingerprint density at radius 2 is 1.84 bits per heavy atom. The van der Waals surface area contributed by atoms with Crippen molar-refractivity contribution in [1.29, 1.82) is 0 Å². The molecule has 0 heterocycles. The Kier molecular flexibility index (Phi) is 5.23. The van der Waals surface area contributed by atoms with Crippen LogP contribution < -0.4 is 0 Å². The van der Waals surface area contributed by atoms with Crippen LogP contribution in [0.3, 0.4) is 0 Å². The summed E-state index contributed by atoms with van der Waals surface area (Å²) >= 11 is 0. The highest BCUT2D eigenvalue weighted by molar-refractivity contribution is 5.82. The monoisotopic (exact) mass is 267 g/mol. The van der Waals surface area contributed by atoms with Crippen molar-refractivity contribution in [2.24, 2.45) is 5.92 Å². The van der Waals surface area contributed by atoms with Crippen LogP contribution in [0.15, 0.2) is 0 Å². The van der Waals surface area contributed by atoms with Crippen LogP contribution in [0.1, 0.15) is 58.3 Å². The van der Waals surface area contributed by atoms with Gasteiger partial charge in [-0.05, 0) is 32.1 Å². The minimum atomic E-state index is -0.274. The van der Waals surface area contributed by atoms with Gasteiger partial charge in [-0.2, -0.15) is 0 Å². The van der Waals surface area contributed by atoms with Crippen LogP contribution in [-0.2, 0) is 14.3 Å². The average Bonchev–Trinajstić information content (AvgIpc) is 3.09. The predicted octanol–water partition coefficient (Wildman–Crippen LogP) is 2.51. The molecule has 19 heavy (non-hydrogen) atoms. The molecule has 1 amide bonds. The van der Waals surface area contributed by atoms with Crippen molar-refractivity contribution in [2.75, 3.05) is 13.2 Å². The van der Waals surface area contributed by atoms with Gasteiger partial charge in [0.05, 0.1) is 6.61 Å². The van der Waals surface area contributed by atoms with Crippen molar-refractivity contribution in [2.45, 2.75) is 64.3 Å². The van der Waals surface area contributed by atoms with Crippen LogP contribution in [0, 0.1) is 5.92 Å². The maximum absolute atomic E-state index is 12.2. The fraction of sp³-hybridized carbons (Fsp3) is 0.867. The van der Waals surface area contributed by atoms with E-state index in [0.29, 0.717) is 19.1 Å². The van der Waals surface area contributed by atoms with Crippen LogP contribution in [0.5, 0.6) is 0 Å². The number of carbonyl (C=O) groups excluding carboxylic acids is 2. The lowest BCUT2D eigenvalue weighted by molar-refractivity contribution is -0.149. The first-order valence-corrected chi connectivity index (χ1v) is 7.65. The first-order valence-electron chi connectivity index (χ1n) is 7.65. The highest BCUT2D eigenvalue weighted by Gasteiger charge is 2.34. The number of nitrogens with zero attached hydrogens (tertiary/aromatic N) is 1. The first-order chi connectivity index (χ1) is 9.20. The molecule has 0 N–H and O–H groups in total. The van der Waals surface area contributed by atoms with Crippen molar-refractivity contribution in [3.8, 4) is 0 Å². The third kappa shape index (κ3) is 4.51. The molecule has 2 aliphatic carbocycles. The second kappa shape index (κ2) is 6.92. The molecule has 0 atom stereocenters. The zero-order valence-corrected chi connectivity index (χ0v) is 11.9. The Morgan fingerprint density at radius 3 is 2.42 bits per heavy atom. The zero-order chi connectivity index (χ0) is 13.7. The zero-order valence-electron chi connectivity index (χ0n) is 11.9. The van der Waals surface area contributed by atoms with Crippen LogP contribution in [0.4, 0.5) is 0 Å². The number of amides is 1. The Hall–Kier alpha value is -1.06. The van der Waals surface area contributed by atoms with Crippen LogP contribution >= 0.6 is 0 Å². The summed E-state index contributed by atoms with van der Waals surface area (Å²) in [6.07, 6.45) is 8.83.